The molecule has 0 aliphatic rings. The summed E-state index contributed by atoms with van der Waals surface area (Å²) >= 11 is 0. The van der Waals surface area contributed by atoms with E-state index in [1.807, 2.05) is 56.3 Å². The van der Waals surface area contributed by atoms with E-state index >= 15 is 0 Å². The first-order chi connectivity index (χ1) is 15.9. The quantitative estimate of drug-likeness (QED) is 0.364. The van der Waals surface area contributed by atoms with Gasteiger partial charge in [0.15, 0.2) is 12.2 Å². The van der Waals surface area contributed by atoms with Crippen molar-refractivity contribution in [1.29, 1.82) is 0 Å². The molecule has 1 aromatic heterocycles. The lowest BCUT2D eigenvalue weighted by Crippen LogP contribution is -2.21. The van der Waals surface area contributed by atoms with E-state index < -0.39 is 0 Å². The zero-order chi connectivity index (χ0) is 23.5. The molecule has 170 valence electrons. The molecule has 0 radical (unpaired) electrons. The van der Waals surface area contributed by atoms with Gasteiger partial charge in [-0.2, -0.15) is 0 Å². The van der Waals surface area contributed by atoms with Crippen molar-refractivity contribution in [3.05, 3.63) is 71.3 Å². The van der Waals surface area contributed by atoms with Crippen LogP contribution >= 0.6 is 0 Å². The SMILES string of the molecule is COc1ccc2oc(-c3cccc(NC(=O)COc4cc(C)ccc4C(C)C)c3C)nc2c1. The molecular weight excluding hydrogens is 416 g/mol. The highest BCUT2D eigenvalue weighted by Crippen LogP contribution is 2.32. The first-order valence-electron chi connectivity index (χ1n) is 10.9. The van der Waals surface area contributed by atoms with Gasteiger partial charge in [-0.15, -0.1) is 0 Å². The highest BCUT2D eigenvalue weighted by atomic mass is 16.5. The molecule has 0 spiro atoms. The first-order valence-corrected chi connectivity index (χ1v) is 10.9. The predicted octanol–water partition coefficient (Wildman–Crippen LogP) is 6.26. The Morgan fingerprint density at radius 3 is 2.67 bits per heavy atom. The molecule has 0 aliphatic heterocycles. The van der Waals surface area contributed by atoms with Gasteiger partial charge in [0.2, 0.25) is 5.89 Å². The van der Waals surface area contributed by atoms with E-state index in [1.54, 1.807) is 7.11 Å². The van der Waals surface area contributed by atoms with Crippen molar-refractivity contribution in [2.75, 3.05) is 19.0 Å². The Morgan fingerprint density at radius 1 is 1.09 bits per heavy atom. The van der Waals surface area contributed by atoms with Crippen LogP contribution in [0.5, 0.6) is 11.5 Å². The number of carbonyl (C=O) groups is 1. The second-order valence-electron chi connectivity index (χ2n) is 8.36. The zero-order valence-electron chi connectivity index (χ0n) is 19.6. The summed E-state index contributed by atoms with van der Waals surface area (Å²) < 4.78 is 17.1. The summed E-state index contributed by atoms with van der Waals surface area (Å²) in [6, 6.07) is 17.2. The Morgan fingerprint density at radius 2 is 1.91 bits per heavy atom. The van der Waals surface area contributed by atoms with E-state index in [4.69, 9.17) is 13.9 Å². The van der Waals surface area contributed by atoms with Crippen LogP contribution in [0.25, 0.3) is 22.6 Å². The fraction of sp³-hybridized carbons (Fsp3) is 0.259. The summed E-state index contributed by atoms with van der Waals surface area (Å²) in [6.07, 6.45) is 0. The number of methoxy groups -OCH3 is 1. The Bertz CT molecular complexity index is 1310. The van der Waals surface area contributed by atoms with E-state index in [1.165, 1.54) is 0 Å². The number of ether oxygens (including phenoxy) is 2. The minimum atomic E-state index is -0.228. The lowest BCUT2D eigenvalue weighted by molar-refractivity contribution is -0.118. The van der Waals surface area contributed by atoms with Gasteiger partial charge in [-0.05, 0) is 66.8 Å². The van der Waals surface area contributed by atoms with E-state index in [9.17, 15) is 4.79 Å². The van der Waals surface area contributed by atoms with Crippen molar-refractivity contribution in [2.24, 2.45) is 0 Å². The van der Waals surface area contributed by atoms with Gasteiger partial charge in [0, 0.05) is 17.3 Å². The third kappa shape index (κ3) is 4.85. The number of nitrogens with one attached hydrogen (secondary N) is 1. The van der Waals surface area contributed by atoms with Gasteiger partial charge in [0.25, 0.3) is 5.91 Å². The number of rotatable bonds is 7. The molecule has 0 atom stereocenters. The van der Waals surface area contributed by atoms with Crippen LogP contribution in [0, 0.1) is 13.8 Å². The van der Waals surface area contributed by atoms with E-state index in [0.717, 1.165) is 28.0 Å². The van der Waals surface area contributed by atoms with E-state index in [2.05, 4.69) is 36.3 Å². The summed E-state index contributed by atoms with van der Waals surface area (Å²) in [5.74, 6) is 2.03. The fourth-order valence-corrected chi connectivity index (χ4v) is 3.73. The molecule has 0 aliphatic carbocycles. The molecule has 0 unspecified atom stereocenters. The van der Waals surface area contributed by atoms with Gasteiger partial charge in [0.1, 0.15) is 17.0 Å². The maximum absolute atomic E-state index is 12.7. The maximum atomic E-state index is 12.7. The van der Waals surface area contributed by atoms with Crippen molar-refractivity contribution < 1.29 is 18.7 Å². The average Bonchev–Trinajstić information content (AvgIpc) is 3.22. The molecule has 6 heteroatoms. The molecule has 4 aromatic rings. The number of hydrogen-bond donors (Lipinski definition) is 1. The second-order valence-corrected chi connectivity index (χ2v) is 8.36. The van der Waals surface area contributed by atoms with Crippen LogP contribution in [-0.4, -0.2) is 24.6 Å². The molecule has 1 heterocycles. The third-order valence-electron chi connectivity index (χ3n) is 5.58. The Hall–Kier alpha value is -3.80. The van der Waals surface area contributed by atoms with Gasteiger partial charge in [-0.25, -0.2) is 4.98 Å². The van der Waals surface area contributed by atoms with Gasteiger partial charge in [0.05, 0.1) is 7.11 Å². The molecule has 33 heavy (non-hydrogen) atoms. The van der Waals surface area contributed by atoms with Crippen LogP contribution in [0.15, 0.2) is 59.0 Å². The van der Waals surface area contributed by atoms with Crippen molar-refractivity contribution in [3.8, 4) is 23.0 Å². The summed E-state index contributed by atoms with van der Waals surface area (Å²) in [5.41, 5.74) is 5.92. The first kappa shape index (κ1) is 22.4. The van der Waals surface area contributed by atoms with Crippen molar-refractivity contribution in [1.82, 2.24) is 4.98 Å². The Kier molecular flexibility index (Phi) is 6.36. The topological polar surface area (TPSA) is 73.6 Å². The number of aryl methyl sites for hydroxylation is 1. The third-order valence-corrected chi connectivity index (χ3v) is 5.58. The largest absolute Gasteiger partial charge is 0.497 e. The zero-order valence-corrected chi connectivity index (χ0v) is 19.6. The molecule has 0 fully saturated rings. The van der Waals surface area contributed by atoms with Gasteiger partial charge in [-0.1, -0.05) is 32.0 Å². The molecule has 4 rings (SSSR count). The van der Waals surface area contributed by atoms with Gasteiger partial charge >= 0.3 is 0 Å². The normalized spacial score (nSPS) is 11.1. The fourth-order valence-electron chi connectivity index (χ4n) is 3.73. The van der Waals surface area contributed by atoms with Crippen LogP contribution < -0.4 is 14.8 Å². The number of carbonyl (C=O) groups excluding carboxylic acids is 1. The van der Waals surface area contributed by atoms with Crippen molar-refractivity contribution >= 4 is 22.7 Å². The Labute approximate surface area is 193 Å². The number of anilines is 1. The standard InChI is InChI=1S/C27H28N2O4/c1-16(2)20-11-9-17(3)13-25(20)32-15-26(30)28-22-8-6-7-21(18(22)4)27-29-23-14-19(31-5)10-12-24(23)33-27/h6-14,16H,15H2,1-5H3,(H,28,30). The Balaban J connectivity index is 1.51. The predicted molar refractivity (Wildman–Crippen MR) is 130 cm³/mol. The maximum Gasteiger partial charge on any atom is 0.262 e. The molecule has 1 amide bonds. The number of amides is 1. The van der Waals surface area contributed by atoms with Crippen LogP contribution in [-0.2, 0) is 4.79 Å². The average molecular weight is 445 g/mol. The van der Waals surface area contributed by atoms with Gasteiger partial charge in [-0.3, -0.25) is 4.79 Å². The second kappa shape index (κ2) is 9.36. The number of aromatic nitrogens is 1. The minimum Gasteiger partial charge on any atom is -0.497 e. The lowest BCUT2D eigenvalue weighted by Gasteiger charge is -2.15. The summed E-state index contributed by atoms with van der Waals surface area (Å²) in [4.78, 5) is 17.3. The smallest absolute Gasteiger partial charge is 0.262 e. The lowest BCUT2D eigenvalue weighted by atomic mass is 10.0. The van der Waals surface area contributed by atoms with Crippen LogP contribution in [0.4, 0.5) is 5.69 Å². The number of fused-ring (bicyclic) bond motifs is 1. The van der Waals surface area contributed by atoms with Crippen molar-refractivity contribution in [2.45, 2.75) is 33.6 Å². The van der Waals surface area contributed by atoms with Gasteiger partial charge < -0.3 is 19.2 Å². The van der Waals surface area contributed by atoms with Crippen LogP contribution in [0.2, 0.25) is 0 Å². The number of benzene rings is 3. The van der Waals surface area contributed by atoms with E-state index in [-0.39, 0.29) is 12.5 Å². The molecule has 6 nitrogen and oxygen atoms in total. The summed E-state index contributed by atoms with van der Waals surface area (Å²) in [5, 5.41) is 2.95. The number of nitrogens with zero attached hydrogens (tertiary/aromatic N) is 1. The van der Waals surface area contributed by atoms with Crippen molar-refractivity contribution in [3.63, 3.8) is 0 Å². The highest BCUT2D eigenvalue weighted by molar-refractivity contribution is 5.93. The number of oxazole rings is 1. The van der Waals surface area contributed by atoms with Crippen LogP contribution in [0.1, 0.15) is 36.5 Å². The summed E-state index contributed by atoms with van der Waals surface area (Å²) in [6.45, 7) is 8.07. The molecule has 3 aromatic carbocycles. The molecular formula is C27H28N2O4. The molecule has 1 N–H and O–H groups in total. The summed E-state index contributed by atoms with van der Waals surface area (Å²) in [7, 11) is 1.62. The monoisotopic (exact) mass is 444 g/mol. The molecule has 0 bridgehead atoms. The van der Waals surface area contributed by atoms with Crippen LogP contribution in [0.3, 0.4) is 0 Å². The minimum absolute atomic E-state index is 0.0739. The highest BCUT2D eigenvalue weighted by Gasteiger charge is 2.15. The molecule has 0 saturated carbocycles. The molecule has 0 saturated heterocycles. The van der Waals surface area contributed by atoms with E-state index in [0.29, 0.717) is 34.3 Å². The number of hydrogen-bond acceptors (Lipinski definition) is 5.